The molecular weight excluding hydrogens is 342 g/mol. The van der Waals surface area contributed by atoms with Gasteiger partial charge in [-0.25, -0.2) is 22.6 Å². The van der Waals surface area contributed by atoms with Crippen LogP contribution >= 0.6 is 0 Å². The Labute approximate surface area is 145 Å². The lowest BCUT2D eigenvalue weighted by Crippen LogP contribution is -2.36. The van der Waals surface area contributed by atoms with Crippen molar-refractivity contribution in [3.63, 3.8) is 0 Å². The molecule has 0 spiro atoms. The summed E-state index contributed by atoms with van der Waals surface area (Å²) < 4.78 is 30.9. The summed E-state index contributed by atoms with van der Waals surface area (Å²) in [5.41, 5.74) is -0.0716. The molecule has 0 radical (unpaired) electrons. The van der Waals surface area contributed by atoms with Crippen LogP contribution in [0.5, 0.6) is 0 Å². The summed E-state index contributed by atoms with van der Waals surface area (Å²) in [6.45, 7) is 1.19. The summed E-state index contributed by atoms with van der Waals surface area (Å²) >= 11 is 0. The molecule has 9 heteroatoms. The number of aryl methyl sites for hydroxylation is 1. The van der Waals surface area contributed by atoms with Crippen molar-refractivity contribution < 1.29 is 8.42 Å². The van der Waals surface area contributed by atoms with E-state index in [1.54, 1.807) is 15.3 Å². The van der Waals surface area contributed by atoms with Crippen LogP contribution in [0.1, 0.15) is 31.5 Å². The van der Waals surface area contributed by atoms with E-state index in [1.807, 2.05) is 0 Å². The van der Waals surface area contributed by atoms with Crippen molar-refractivity contribution in [1.29, 1.82) is 0 Å². The Morgan fingerprint density at radius 2 is 2.08 bits per heavy atom. The number of aromatic nitrogens is 4. The molecule has 134 valence electrons. The second-order valence-electron chi connectivity index (χ2n) is 6.81. The highest BCUT2D eigenvalue weighted by molar-refractivity contribution is 7.89. The van der Waals surface area contributed by atoms with E-state index in [2.05, 4.69) is 14.8 Å². The van der Waals surface area contributed by atoms with Crippen LogP contribution in [-0.4, -0.2) is 33.8 Å². The number of rotatable bonds is 5. The SMILES string of the molecule is O=c1n(CC2CC2)nc2n1CCC(NS(=O)(=O)c1cccnc1)CC2. The van der Waals surface area contributed by atoms with E-state index in [1.165, 1.54) is 31.3 Å². The molecule has 0 aromatic carbocycles. The average molecular weight is 363 g/mol. The van der Waals surface area contributed by atoms with Crippen molar-refractivity contribution in [2.75, 3.05) is 0 Å². The molecule has 2 aromatic rings. The van der Waals surface area contributed by atoms with Crippen molar-refractivity contribution in [2.24, 2.45) is 5.92 Å². The fraction of sp³-hybridized carbons (Fsp3) is 0.562. The van der Waals surface area contributed by atoms with Gasteiger partial charge in [0.15, 0.2) is 0 Å². The number of hydrogen-bond acceptors (Lipinski definition) is 5. The third kappa shape index (κ3) is 3.52. The Morgan fingerprint density at radius 3 is 2.80 bits per heavy atom. The molecule has 1 atom stereocenters. The van der Waals surface area contributed by atoms with Gasteiger partial charge in [-0.3, -0.25) is 9.55 Å². The van der Waals surface area contributed by atoms with E-state index in [-0.39, 0.29) is 16.6 Å². The molecule has 1 fully saturated rings. The first kappa shape index (κ1) is 16.5. The molecule has 4 rings (SSSR count). The van der Waals surface area contributed by atoms with Gasteiger partial charge in [-0.15, -0.1) is 0 Å². The number of sulfonamides is 1. The van der Waals surface area contributed by atoms with Gasteiger partial charge in [0.25, 0.3) is 0 Å². The number of nitrogens with one attached hydrogen (secondary N) is 1. The van der Waals surface area contributed by atoms with E-state index < -0.39 is 10.0 Å². The van der Waals surface area contributed by atoms with E-state index in [9.17, 15) is 13.2 Å². The molecule has 25 heavy (non-hydrogen) atoms. The fourth-order valence-electron chi connectivity index (χ4n) is 3.20. The normalized spacial score (nSPS) is 20.9. The van der Waals surface area contributed by atoms with Gasteiger partial charge in [0.1, 0.15) is 10.7 Å². The molecule has 0 bridgehead atoms. The van der Waals surface area contributed by atoms with Crippen molar-refractivity contribution in [2.45, 2.75) is 56.1 Å². The number of hydrogen-bond donors (Lipinski definition) is 1. The van der Waals surface area contributed by atoms with Crippen molar-refractivity contribution in [3.8, 4) is 0 Å². The zero-order valence-corrected chi connectivity index (χ0v) is 14.7. The first-order valence-electron chi connectivity index (χ1n) is 8.62. The Bertz CT molecular complexity index is 915. The maximum atomic E-state index is 12.5. The minimum atomic E-state index is -3.60. The zero-order valence-electron chi connectivity index (χ0n) is 13.8. The standard InChI is InChI=1S/C16H21N5O3S/c22-16-20-9-7-13(19-25(23,24)14-2-1-8-17-10-14)5-6-15(20)18-21(16)11-12-3-4-12/h1-2,8,10,12-13,19H,3-7,9,11H2. The number of fused-ring (bicyclic) bond motifs is 1. The molecule has 8 nitrogen and oxygen atoms in total. The van der Waals surface area contributed by atoms with Crippen LogP contribution in [0.25, 0.3) is 0 Å². The summed E-state index contributed by atoms with van der Waals surface area (Å²) in [6.07, 6.45) is 7.00. The minimum absolute atomic E-state index is 0.0716. The second kappa shape index (κ2) is 6.38. The van der Waals surface area contributed by atoms with Gasteiger partial charge >= 0.3 is 5.69 Å². The van der Waals surface area contributed by atoms with E-state index in [4.69, 9.17) is 0 Å². The van der Waals surface area contributed by atoms with Gasteiger partial charge < -0.3 is 0 Å². The van der Waals surface area contributed by atoms with Crippen molar-refractivity contribution in [3.05, 3.63) is 40.8 Å². The lowest BCUT2D eigenvalue weighted by atomic mass is 10.1. The Kier molecular flexibility index (Phi) is 4.20. The van der Waals surface area contributed by atoms with Crippen LogP contribution in [-0.2, 0) is 29.5 Å². The first-order chi connectivity index (χ1) is 12.0. The molecule has 1 aliphatic carbocycles. The van der Waals surface area contributed by atoms with Crippen LogP contribution in [0.15, 0.2) is 34.2 Å². The highest BCUT2D eigenvalue weighted by Gasteiger charge is 2.27. The molecule has 3 heterocycles. The highest BCUT2D eigenvalue weighted by Crippen LogP contribution is 2.30. The van der Waals surface area contributed by atoms with Gasteiger partial charge in [0.2, 0.25) is 10.0 Å². The smallest absolute Gasteiger partial charge is 0.279 e. The number of nitrogens with zero attached hydrogens (tertiary/aromatic N) is 4. The molecule has 1 N–H and O–H groups in total. The van der Waals surface area contributed by atoms with E-state index >= 15 is 0 Å². The third-order valence-electron chi connectivity index (χ3n) is 4.81. The Morgan fingerprint density at radius 1 is 1.24 bits per heavy atom. The van der Waals surface area contributed by atoms with Crippen LogP contribution < -0.4 is 10.4 Å². The van der Waals surface area contributed by atoms with Gasteiger partial charge in [-0.2, -0.15) is 5.10 Å². The van der Waals surface area contributed by atoms with Crippen LogP contribution in [0.3, 0.4) is 0 Å². The highest BCUT2D eigenvalue weighted by atomic mass is 32.2. The van der Waals surface area contributed by atoms with Gasteiger partial charge in [-0.1, -0.05) is 0 Å². The maximum absolute atomic E-state index is 12.5. The van der Waals surface area contributed by atoms with Gasteiger partial charge in [0.05, 0.1) is 0 Å². The van der Waals surface area contributed by atoms with Crippen LogP contribution in [0, 0.1) is 5.92 Å². The summed E-state index contributed by atoms with van der Waals surface area (Å²) in [6, 6.07) is 2.90. The molecule has 1 saturated carbocycles. The average Bonchev–Trinajstić information content (AvgIpc) is 3.39. The third-order valence-corrected chi connectivity index (χ3v) is 6.32. The summed E-state index contributed by atoms with van der Waals surface area (Å²) in [7, 11) is -3.60. The minimum Gasteiger partial charge on any atom is -0.279 e. The summed E-state index contributed by atoms with van der Waals surface area (Å²) in [5, 5.41) is 4.46. The van der Waals surface area contributed by atoms with E-state index in [0.29, 0.717) is 38.3 Å². The molecule has 1 unspecified atom stereocenters. The van der Waals surface area contributed by atoms with Gasteiger partial charge in [-0.05, 0) is 43.7 Å². The zero-order chi connectivity index (χ0) is 17.4. The predicted molar refractivity (Wildman–Crippen MR) is 90.5 cm³/mol. The Balaban J connectivity index is 1.46. The number of pyridine rings is 1. The lowest BCUT2D eigenvalue weighted by molar-refractivity contribution is 0.478. The molecule has 0 saturated heterocycles. The molecule has 2 aliphatic rings. The fourth-order valence-corrected chi connectivity index (χ4v) is 4.47. The summed E-state index contributed by atoms with van der Waals surface area (Å²) in [5.74, 6) is 1.35. The van der Waals surface area contributed by atoms with E-state index in [0.717, 1.165) is 5.82 Å². The summed E-state index contributed by atoms with van der Waals surface area (Å²) in [4.78, 5) is 16.5. The predicted octanol–water partition coefficient (Wildman–Crippen LogP) is 0.533. The molecular formula is C16H21N5O3S. The topological polar surface area (TPSA) is 98.9 Å². The first-order valence-corrected chi connectivity index (χ1v) is 10.1. The molecule has 2 aromatic heterocycles. The quantitative estimate of drug-likeness (QED) is 0.836. The van der Waals surface area contributed by atoms with Crippen LogP contribution in [0.2, 0.25) is 0 Å². The largest absolute Gasteiger partial charge is 0.345 e. The second-order valence-corrected chi connectivity index (χ2v) is 8.52. The lowest BCUT2D eigenvalue weighted by Gasteiger charge is -2.16. The van der Waals surface area contributed by atoms with Crippen molar-refractivity contribution in [1.82, 2.24) is 24.1 Å². The monoisotopic (exact) mass is 363 g/mol. The maximum Gasteiger partial charge on any atom is 0.345 e. The molecule has 1 aliphatic heterocycles. The molecule has 0 amide bonds. The van der Waals surface area contributed by atoms with Crippen LogP contribution in [0.4, 0.5) is 0 Å². The Hall–Kier alpha value is -2.00. The van der Waals surface area contributed by atoms with Gasteiger partial charge in [0, 0.05) is 37.9 Å². The van der Waals surface area contributed by atoms with Crippen molar-refractivity contribution >= 4 is 10.0 Å².